The second-order valence-electron chi connectivity index (χ2n) is 4.48. The summed E-state index contributed by atoms with van der Waals surface area (Å²) >= 11 is 6.13. The second-order valence-corrected chi connectivity index (χ2v) is 4.86. The van der Waals surface area contributed by atoms with Gasteiger partial charge in [0, 0.05) is 11.1 Å². The molecular weight excluding hydrogens is 264 g/mol. The van der Waals surface area contributed by atoms with Gasteiger partial charge >= 0.3 is 0 Å². The highest BCUT2D eigenvalue weighted by molar-refractivity contribution is 6.40. The molecule has 3 nitrogen and oxygen atoms in total. The van der Waals surface area contributed by atoms with Crippen LogP contribution in [0.4, 0.5) is 0 Å². The zero-order chi connectivity index (χ0) is 13.7. The molecule has 0 atom stereocenters. The normalized spacial score (nSPS) is 13.2. The van der Waals surface area contributed by atoms with Crippen LogP contribution in [0.2, 0.25) is 5.02 Å². The summed E-state index contributed by atoms with van der Waals surface area (Å²) in [6.07, 6.45) is 0. The maximum Gasteiger partial charge on any atom is 0.198 e. The minimum atomic E-state index is -0.371. The summed E-state index contributed by atoms with van der Waals surface area (Å²) in [5, 5.41) is 10.2. The van der Waals surface area contributed by atoms with Gasteiger partial charge in [-0.1, -0.05) is 35.9 Å². The molecular formula is C15H9ClO3. The molecule has 0 aliphatic heterocycles. The molecule has 2 aromatic carbocycles. The predicted molar refractivity (Wildman–Crippen MR) is 71.2 cm³/mol. The van der Waals surface area contributed by atoms with E-state index in [0.717, 1.165) is 0 Å². The Labute approximate surface area is 114 Å². The summed E-state index contributed by atoms with van der Waals surface area (Å²) in [7, 11) is 0. The van der Waals surface area contributed by atoms with E-state index in [-0.39, 0.29) is 33.5 Å². The molecule has 1 aliphatic rings. The predicted octanol–water partition coefficient (Wildman–Crippen LogP) is 3.13. The van der Waals surface area contributed by atoms with Gasteiger partial charge in [0.25, 0.3) is 0 Å². The molecule has 0 amide bonds. The molecule has 0 saturated heterocycles. The SMILES string of the molecule is Cc1cc(O)c2c(c1Cl)C(=O)c1ccccc1C2=O. The maximum atomic E-state index is 12.4. The zero-order valence-electron chi connectivity index (χ0n) is 10.0. The monoisotopic (exact) mass is 272 g/mol. The fraction of sp³-hybridized carbons (Fsp3) is 0.0667. The third-order valence-electron chi connectivity index (χ3n) is 3.30. The Kier molecular flexibility index (Phi) is 2.47. The Bertz CT molecular complexity index is 747. The van der Waals surface area contributed by atoms with E-state index in [0.29, 0.717) is 16.7 Å². The number of hydrogen-bond acceptors (Lipinski definition) is 3. The Morgan fingerprint density at radius 1 is 1.00 bits per heavy atom. The minimum absolute atomic E-state index is 0.000648. The van der Waals surface area contributed by atoms with Gasteiger partial charge in [-0.15, -0.1) is 0 Å². The van der Waals surface area contributed by atoms with Crippen molar-refractivity contribution < 1.29 is 14.7 Å². The average molecular weight is 273 g/mol. The summed E-state index contributed by atoms with van der Waals surface area (Å²) < 4.78 is 0. The molecule has 0 saturated carbocycles. The van der Waals surface area contributed by atoms with Gasteiger partial charge in [0.1, 0.15) is 5.75 Å². The fourth-order valence-electron chi connectivity index (χ4n) is 2.37. The Balaban J connectivity index is 2.43. The van der Waals surface area contributed by atoms with E-state index in [1.807, 2.05) is 0 Å². The van der Waals surface area contributed by atoms with Gasteiger partial charge in [-0.25, -0.2) is 0 Å². The van der Waals surface area contributed by atoms with Crippen LogP contribution in [0, 0.1) is 6.92 Å². The third kappa shape index (κ3) is 1.52. The summed E-state index contributed by atoms with van der Waals surface area (Å²) in [6, 6.07) is 7.95. The van der Waals surface area contributed by atoms with Crippen molar-refractivity contribution in [2.45, 2.75) is 6.92 Å². The number of carbonyl (C=O) groups excluding carboxylic acids is 2. The number of benzene rings is 2. The summed E-state index contributed by atoms with van der Waals surface area (Å²) in [6.45, 7) is 1.68. The van der Waals surface area contributed by atoms with Crippen LogP contribution in [-0.2, 0) is 0 Å². The molecule has 3 rings (SSSR count). The Morgan fingerprint density at radius 3 is 2.11 bits per heavy atom. The average Bonchev–Trinajstić information content (AvgIpc) is 2.40. The van der Waals surface area contributed by atoms with E-state index in [4.69, 9.17) is 11.6 Å². The van der Waals surface area contributed by atoms with Crippen LogP contribution in [0.25, 0.3) is 0 Å². The van der Waals surface area contributed by atoms with Gasteiger partial charge < -0.3 is 5.11 Å². The number of aromatic hydroxyl groups is 1. The van der Waals surface area contributed by atoms with Crippen LogP contribution in [0.3, 0.4) is 0 Å². The van der Waals surface area contributed by atoms with Crippen molar-refractivity contribution in [1.29, 1.82) is 0 Å². The van der Waals surface area contributed by atoms with Crippen LogP contribution in [0.1, 0.15) is 37.4 Å². The zero-order valence-corrected chi connectivity index (χ0v) is 10.8. The quantitative estimate of drug-likeness (QED) is 0.684. The van der Waals surface area contributed by atoms with Crippen LogP contribution in [0.15, 0.2) is 30.3 Å². The number of phenols is 1. The van der Waals surface area contributed by atoms with Gasteiger partial charge in [0.2, 0.25) is 0 Å². The first-order valence-electron chi connectivity index (χ1n) is 5.73. The van der Waals surface area contributed by atoms with Gasteiger partial charge in [-0.2, -0.15) is 0 Å². The fourth-order valence-corrected chi connectivity index (χ4v) is 2.60. The number of hydrogen-bond donors (Lipinski definition) is 1. The van der Waals surface area contributed by atoms with E-state index in [1.165, 1.54) is 6.07 Å². The molecule has 4 heteroatoms. The molecule has 0 bridgehead atoms. The van der Waals surface area contributed by atoms with Crippen molar-refractivity contribution in [3.8, 4) is 5.75 Å². The van der Waals surface area contributed by atoms with Crippen molar-refractivity contribution in [1.82, 2.24) is 0 Å². The molecule has 0 fully saturated rings. The van der Waals surface area contributed by atoms with Crippen molar-refractivity contribution in [2.75, 3.05) is 0 Å². The Morgan fingerprint density at radius 2 is 1.53 bits per heavy atom. The van der Waals surface area contributed by atoms with Crippen molar-refractivity contribution >= 4 is 23.2 Å². The van der Waals surface area contributed by atoms with Crippen molar-refractivity contribution in [3.63, 3.8) is 0 Å². The first-order chi connectivity index (χ1) is 9.02. The van der Waals surface area contributed by atoms with Gasteiger partial charge in [-0.05, 0) is 18.6 Å². The molecule has 0 spiro atoms. The molecule has 0 unspecified atom stereocenters. The standard InChI is InChI=1S/C15H9ClO3/c1-7-6-10(17)11-12(13(7)16)15(19)9-5-3-2-4-8(9)14(11)18/h2-6,17H,1H3. The highest BCUT2D eigenvalue weighted by Gasteiger charge is 2.34. The lowest BCUT2D eigenvalue weighted by Gasteiger charge is -2.20. The highest BCUT2D eigenvalue weighted by Crippen LogP contribution is 2.38. The number of aryl methyl sites for hydroxylation is 1. The number of phenolic OH excluding ortho intramolecular Hbond substituents is 1. The lowest BCUT2D eigenvalue weighted by atomic mass is 9.83. The van der Waals surface area contributed by atoms with Gasteiger partial charge in [0.15, 0.2) is 11.6 Å². The third-order valence-corrected chi connectivity index (χ3v) is 3.78. The first kappa shape index (κ1) is 11.9. The van der Waals surface area contributed by atoms with E-state index >= 15 is 0 Å². The molecule has 2 aromatic rings. The topological polar surface area (TPSA) is 54.4 Å². The number of fused-ring (bicyclic) bond motifs is 2. The highest BCUT2D eigenvalue weighted by atomic mass is 35.5. The van der Waals surface area contributed by atoms with Crippen molar-refractivity contribution in [3.05, 3.63) is 63.2 Å². The lowest BCUT2D eigenvalue weighted by molar-refractivity contribution is 0.0976. The Hall–Kier alpha value is -2.13. The van der Waals surface area contributed by atoms with E-state index in [2.05, 4.69) is 0 Å². The maximum absolute atomic E-state index is 12.4. The van der Waals surface area contributed by atoms with Gasteiger partial charge in [0.05, 0.1) is 16.1 Å². The number of ketones is 2. The van der Waals surface area contributed by atoms with E-state index < -0.39 is 0 Å². The smallest absolute Gasteiger partial charge is 0.198 e. The minimum Gasteiger partial charge on any atom is -0.507 e. The molecule has 0 radical (unpaired) electrons. The second kappa shape index (κ2) is 3.93. The first-order valence-corrected chi connectivity index (χ1v) is 6.10. The van der Waals surface area contributed by atoms with Crippen LogP contribution >= 0.6 is 11.6 Å². The van der Waals surface area contributed by atoms with Crippen LogP contribution < -0.4 is 0 Å². The largest absolute Gasteiger partial charge is 0.507 e. The molecule has 0 aromatic heterocycles. The summed E-state index contributed by atoms with van der Waals surface area (Å²) in [4.78, 5) is 24.8. The van der Waals surface area contributed by atoms with Crippen LogP contribution in [-0.4, -0.2) is 16.7 Å². The van der Waals surface area contributed by atoms with Gasteiger partial charge in [-0.3, -0.25) is 9.59 Å². The summed E-state index contributed by atoms with van der Waals surface area (Å²) in [5.74, 6) is -0.899. The van der Waals surface area contributed by atoms with Crippen LogP contribution in [0.5, 0.6) is 5.75 Å². The van der Waals surface area contributed by atoms with E-state index in [9.17, 15) is 14.7 Å². The van der Waals surface area contributed by atoms with Crippen molar-refractivity contribution in [2.24, 2.45) is 0 Å². The molecule has 1 aliphatic carbocycles. The molecule has 1 N–H and O–H groups in total. The number of rotatable bonds is 0. The van der Waals surface area contributed by atoms with E-state index in [1.54, 1.807) is 31.2 Å². The number of carbonyl (C=O) groups is 2. The number of halogens is 1. The molecule has 0 heterocycles. The summed E-state index contributed by atoms with van der Waals surface area (Å²) in [5.41, 5.74) is 1.29. The lowest BCUT2D eigenvalue weighted by Crippen LogP contribution is -2.21. The molecule has 94 valence electrons. The molecule has 19 heavy (non-hydrogen) atoms.